The molecular weight excluding hydrogens is 336 g/mol. The van der Waals surface area contributed by atoms with E-state index >= 15 is 0 Å². The highest BCUT2D eigenvalue weighted by Crippen LogP contribution is 2.45. The Balaban J connectivity index is 0.00000117. The number of thiophene rings is 1. The summed E-state index contributed by atoms with van der Waals surface area (Å²) in [5.74, 6) is 0. The van der Waals surface area contributed by atoms with Crippen molar-refractivity contribution in [2.45, 2.75) is 46.5 Å². The number of aromatic nitrogens is 2. The summed E-state index contributed by atoms with van der Waals surface area (Å²) in [5, 5.41) is 7.32. The summed E-state index contributed by atoms with van der Waals surface area (Å²) in [6.07, 6.45) is 14.7. The number of nitrogens with zero attached hydrogens (tertiary/aromatic N) is 1. The van der Waals surface area contributed by atoms with E-state index in [-0.39, 0.29) is 0 Å². The van der Waals surface area contributed by atoms with Gasteiger partial charge in [0.25, 0.3) is 0 Å². The Kier molecular flexibility index (Phi) is 6.98. The molecule has 0 spiro atoms. The van der Waals surface area contributed by atoms with Crippen LogP contribution >= 0.6 is 11.3 Å². The third-order valence-electron chi connectivity index (χ3n) is 4.73. The summed E-state index contributed by atoms with van der Waals surface area (Å²) >= 11 is 1.93. The lowest BCUT2D eigenvalue weighted by molar-refractivity contribution is 0.316. The topological polar surface area (TPSA) is 28.7 Å². The van der Waals surface area contributed by atoms with E-state index in [0.29, 0.717) is 5.41 Å². The molecule has 138 valence electrons. The molecule has 3 heteroatoms. The van der Waals surface area contributed by atoms with Gasteiger partial charge in [-0.3, -0.25) is 5.10 Å². The lowest BCUT2D eigenvalue weighted by atomic mass is 9.74. The van der Waals surface area contributed by atoms with Gasteiger partial charge in [0.1, 0.15) is 0 Å². The van der Waals surface area contributed by atoms with Crippen LogP contribution < -0.4 is 0 Å². The maximum absolute atomic E-state index is 4.16. The Bertz CT molecular complexity index is 789. The van der Waals surface area contributed by atoms with Crippen LogP contribution in [-0.2, 0) is 19.3 Å². The molecule has 26 heavy (non-hydrogen) atoms. The first-order valence-electron chi connectivity index (χ1n) is 9.11. The van der Waals surface area contributed by atoms with Gasteiger partial charge in [0, 0.05) is 17.5 Å². The average Bonchev–Trinajstić information content (AvgIpc) is 3.24. The zero-order valence-electron chi connectivity index (χ0n) is 16.3. The van der Waals surface area contributed by atoms with Crippen LogP contribution in [0.4, 0.5) is 0 Å². The summed E-state index contributed by atoms with van der Waals surface area (Å²) in [6, 6.07) is 2.09. The highest BCUT2D eigenvalue weighted by molar-refractivity contribution is 7.15. The average molecular weight is 367 g/mol. The first-order chi connectivity index (χ1) is 12.5. The van der Waals surface area contributed by atoms with E-state index in [1.807, 2.05) is 23.6 Å². The lowest BCUT2D eigenvalue weighted by Gasteiger charge is -2.30. The number of aromatic amines is 1. The number of fused-ring (bicyclic) bond motifs is 1. The molecule has 0 saturated heterocycles. The zero-order valence-corrected chi connectivity index (χ0v) is 17.1. The van der Waals surface area contributed by atoms with Gasteiger partial charge in [-0.15, -0.1) is 24.5 Å². The van der Waals surface area contributed by atoms with E-state index < -0.39 is 0 Å². The van der Waals surface area contributed by atoms with E-state index in [1.54, 1.807) is 5.56 Å². The van der Waals surface area contributed by atoms with Gasteiger partial charge in [-0.25, -0.2) is 0 Å². The summed E-state index contributed by atoms with van der Waals surface area (Å²) < 4.78 is 0. The SMILES string of the molecule is C=C.C=C/C=C(\C=C/C)Cc1sc(-c2ccn[nH]2)c2c1CCC(C)(C)C2. The quantitative estimate of drug-likeness (QED) is 0.463. The Morgan fingerprint density at radius 3 is 2.73 bits per heavy atom. The van der Waals surface area contributed by atoms with Crippen molar-refractivity contribution >= 4 is 11.3 Å². The molecule has 2 aromatic heterocycles. The monoisotopic (exact) mass is 366 g/mol. The largest absolute Gasteiger partial charge is 0.277 e. The van der Waals surface area contributed by atoms with Gasteiger partial charge in [-0.05, 0) is 54.4 Å². The van der Waals surface area contributed by atoms with E-state index in [4.69, 9.17) is 0 Å². The standard InChI is InChI=1S/C21H26N2S.C2H4/c1-5-7-15(8-6-2)13-19-16-9-11-21(3,4)14-17(16)20(24-19)18-10-12-22-23-18;1-2/h5-8,10,12H,1,9,11,13-14H2,2-4H3,(H,22,23);1-2H2/b8-6-,15-7+;. The van der Waals surface area contributed by atoms with Crippen molar-refractivity contribution in [3.05, 3.63) is 77.9 Å². The number of H-pyrrole nitrogens is 1. The van der Waals surface area contributed by atoms with Gasteiger partial charge in [0.15, 0.2) is 0 Å². The second-order valence-electron chi connectivity index (χ2n) is 7.28. The predicted molar refractivity (Wildman–Crippen MR) is 116 cm³/mol. The molecule has 1 aliphatic rings. The highest BCUT2D eigenvalue weighted by Gasteiger charge is 2.31. The van der Waals surface area contributed by atoms with E-state index in [1.165, 1.54) is 33.7 Å². The molecule has 0 amide bonds. The molecule has 2 aromatic rings. The molecule has 0 bridgehead atoms. The van der Waals surface area contributed by atoms with Gasteiger partial charge in [-0.2, -0.15) is 5.10 Å². The van der Waals surface area contributed by atoms with Crippen LogP contribution in [0.1, 0.15) is 43.2 Å². The Labute approximate surface area is 162 Å². The summed E-state index contributed by atoms with van der Waals surface area (Å²) in [5.41, 5.74) is 5.96. The summed E-state index contributed by atoms with van der Waals surface area (Å²) in [4.78, 5) is 2.88. The molecule has 1 aliphatic carbocycles. The number of hydrogen-bond acceptors (Lipinski definition) is 2. The third kappa shape index (κ3) is 4.53. The van der Waals surface area contributed by atoms with Crippen LogP contribution in [0, 0.1) is 5.41 Å². The second kappa shape index (κ2) is 9.00. The number of rotatable bonds is 5. The van der Waals surface area contributed by atoms with E-state index in [9.17, 15) is 0 Å². The summed E-state index contributed by atoms with van der Waals surface area (Å²) in [6.45, 7) is 16.7. The van der Waals surface area contributed by atoms with Gasteiger partial charge >= 0.3 is 0 Å². The van der Waals surface area contributed by atoms with Crippen molar-refractivity contribution in [1.29, 1.82) is 0 Å². The van der Waals surface area contributed by atoms with Crippen molar-refractivity contribution in [3.63, 3.8) is 0 Å². The van der Waals surface area contributed by atoms with Crippen LogP contribution in [0.5, 0.6) is 0 Å². The van der Waals surface area contributed by atoms with Gasteiger partial charge in [0.05, 0.1) is 10.6 Å². The minimum absolute atomic E-state index is 0.378. The minimum atomic E-state index is 0.378. The normalized spacial score (nSPS) is 16.0. The highest BCUT2D eigenvalue weighted by atomic mass is 32.1. The molecule has 0 saturated carbocycles. The number of allylic oxidation sites excluding steroid dienone is 5. The molecule has 0 atom stereocenters. The smallest absolute Gasteiger partial charge is 0.0752 e. The fourth-order valence-electron chi connectivity index (χ4n) is 3.53. The number of nitrogens with one attached hydrogen (secondary N) is 1. The molecule has 1 N–H and O–H groups in total. The molecule has 0 aromatic carbocycles. The van der Waals surface area contributed by atoms with Crippen LogP contribution in [0.3, 0.4) is 0 Å². The van der Waals surface area contributed by atoms with Crippen molar-refractivity contribution in [1.82, 2.24) is 10.2 Å². The number of hydrogen-bond donors (Lipinski definition) is 1. The molecule has 0 aliphatic heterocycles. The van der Waals surface area contributed by atoms with Crippen molar-refractivity contribution in [2.75, 3.05) is 0 Å². The molecule has 0 unspecified atom stereocenters. The van der Waals surface area contributed by atoms with Gasteiger partial charge in [0.2, 0.25) is 0 Å². The predicted octanol–water partition coefficient (Wildman–Crippen LogP) is 6.69. The van der Waals surface area contributed by atoms with E-state index in [0.717, 1.165) is 18.5 Å². The van der Waals surface area contributed by atoms with Crippen LogP contribution in [0.2, 0.25) is 0 Å². The van der Waals surface area contributed by atoms with Crippen molar-refractivity contribution in [3.8, 4) is 10.6 Å². The fraction of sp³-hybridized carbons (Fsp3) is 0.348. The Morgan fingerprint density at radius 2 is 2.12 bits per heavy atom. The lowest BCUT2D eigenvalue weighted by Crippen LogP contribution is -2.22. The van der Waals surface area contributed by atoms with Gasteiger partial charge in [-0.1, -0.05) is 44.7 Å². The Hall–Kier alpha value is -2.13. The van der Waals surface area contributed by atoms with E-state index in [2.05, 4.69) is 75.0 Å². The van der Waals surface area contributed by atoms with Crippen LogP contribution in [0.25, 0.3) is 10.6 Å². The molecule has 2 nitrogen and oxygen atoms in total. The molecular formula is C23H30N2S. The molecule has 3 rings (SSSR count). The fourth-order valence-corrected chi connectivity index (χ4v) is 4.90. The second-order valence-corrected chi connectivity index (χ2v) is 8.38. The Morgan fingerprint density at radius 1 is 1.35 bits per heavy atom. The maximum atomic E-state index is 4.16. The van der Waals surface area contributed by atoms with Crippen molar-refractivity contribution < 1.29 is 0 Å². The van der Waals surface area contributed by atoms with Gasteiger partial charge < -0.3 is 0 Å². The molecule has 0 fully saturated rings. The van der Waals surface area contributed by atoms with Crippen LogP contribution in [0.15, 0.2) is 61.9 Å². The summed E-state index contributed by atoms with van der Waals surface area (Å²) in [7, 11) is 0. The zero-order chi connectivity index (χ0) is 19.2. The maximum Gasteiger partial charge on any atom is 0.0752 e. The first-order valence-corrected chi connectivity index (χ1v) is 9.93. The minimum Gasteiger partial charge on any atom is -0.277 e. The van der Waals surface area contributed by atoms with Crippen molar-refractivity contribution in [2.24, 2.45) is 5.41 Å². The first kappa shape index (κ1) is 20.2. The molecule has 0 radical (unpaired) electrons. The third-order valence-corrected chi connectivity index (χ3v) is 6.04. The van der Waals surface area contributed by atoms with Crippen LogP contribution in [-0.4, -0.2) is 10.2 Å². The molecule has 2 heterocycles.